The van der Waals surface area contributed by atoms with Gasteiger partial charge in [-0.05, 0) is 42.9 Å². The Hall–Kier alpha value is -1.64. The molecule has 3 heteroatoms. The van der Waals surface area contributed by atoms with Crippen molar-refractivity contribution in [1.82, 2.24) is 0 Å². The molecule has 0 saturated carbocycles. The summed E-state index contributed by atoms with van der Waals surface area (Å²) >= 11 is 0. The van der Waals surface area contributed by atoms with Gasteiger partial charge in [0.2, 0.25) is 5.82 Å². The number of phenols is 1. The van der Waals surface area contributed by atoms with Crippen LogP contribution in [0.15, 0.2) is 30.9 Å². The zero-order chi connectivity index (χ0) is 12.4. The van der Waals surface area contributed by atoms with Gasteiger partial charge in [-0.15, -0.1) is 6.58 Å². The number of halogens is 2. The number of hydrogen-bond donors (Lipinski definition) is 1. The van der Waals surface area contributed by atoms with Crippen LogP contribution in [-0.2, 0) is 0 Å². The average molecular weight is 236 g/mol. The first-order valence-electron chi connectivity index (χ1n) is 5.62. The first-order chi connectivity index (χ1) is 8.13. The molecule has 1 aromatic carbocycles. The smallest absolute Gasteiger partial charge is 0.200 e. The monoisotopic (exact) mass is 236 g/mol. The highest BCUT2D eigenvalue weighted by molar-refractivity contribution is 5.67. The maximum Gasteiger partial charge on any atom is 0.200 e. The molecular weight excluding hydrogens is 222 g/mol. The third-order valence-corrected chi connectivity index (χ3v) is 3.19. The second-order valence-corrected chi connectivity index (χ2v) is 4.26. The summed E-state index contributed by atoms with van der Waals surface area (Å²) in [7, 11) is 0. The molecule has 1 unspecified atom stereocenters. The van der Waals surface area contributed by atoms with E-state index in [1.807, 2.05) is 12.2 Å². The lowest BCUT2D eigenvalue weighted by Crippen LogP contribution is -2.04. The molecule has 1 aliphatic rings. The van der Waals surface area contributed by atoms with Crippen LogP contribution in [0.1, 0.15) is 24.8 Å². The van der Waals surface area contributed by atoms with Crippen molar-refractivity contribution in [2.75, 3.05) is 0 Å². The first kappa shape index (κ1) is 11.8. The van der Waals surface area contributed by atoms with Crippen molar-refractivity contribution >= 4 is 5.57 Å². The van der Waals surface area contributed by atoms with Gasteiger partial charge in [0.15, 0.2) is 11.6 Å². The molecule has 0 aliphatic heterocycles. The van der Waals surface area contributed by atoms with Crippen molar-refractivity contribution in [1.29, 1.82) is 0 Å². The second-order valence-electron chi connectivity index (χ2n) is 4.26. The molecule has 1 N–H and O–H groups in total. The minimum atomic E-state index is -1.17. The van der Waals surface area contributed by atoms with Crippen molar-refractivity contribution in [3.63, 3.8) is 0 Å². The van der Waals surface area contributed by atoms with Crippen LogP contribution in [0.5, 0.6) is 5.75 Å². The van der Waals surface area contributed by atoms with E-state index >= 15 is 0 Å². The van der Waals surface area contributed by atoms with E-state index in [-0.39, 0.29) is 5.56 Å². The molecule has 0 fully saturated rings. The van der Waals surface area contributed by atoms with Gasteiger partial charge in [-0.1, -0.05) is 12.2 Å². The first-order valence-corrected chi connectivity index (χ1v) is 5.62. The summed E-state index contributed by atoms with van der Waals surface area (Å²) < 4.78 is 26.9. The largest absolute Gasteiger partial charge is 0.505 e. The van der Waals surface area contributed by atoms with Gasteiger partial charge in [0.25, 0.3) is 0 Å². The van der Waals surface area contributed by atoms with E-state index < -0.39 is 17.4 Å². The maximum atomic E-state index is 13.6. The number of hydrogen-bond acceptors (Lipinski definition) is 1. The van der Waals surface area contributed by atoms with Crippen molar-refractivity contribution in [2.24, 2.45) is 5.92 Å². The van der Waals surface area contributed by atoms with E-state index in [0.29, 0.717) is 12.3 Å². The van der Waals surface area contributed by atoms with Gasteiger partial charge in [0.05, 0.1) is 0 Å². The average Bonchev–Trinajstić information content (AvgIpc) is 2.36. The highest BCUT2D eigenvalue weighted by Gasteiger charge is 2.19. The molecule has 17 heavy (non-hydrogen) atoms. The fourth-order valence-corrected chi connectivity index (χ4v) is 2.10. The summed E-state index contributed by atoms with van der Waals surface area (Å²) in [6, 6.07) is 2.61. The number of aromatic hydroxyl groups is 1. The highest BCUT2D eigenvalue weighted by atomic mass is 19.2. The number of phenolic OH excluding ortho intramolecular Hbond substituents is 1. The van der Waals surface area contributed by atoms with Gasteiger partial charge < -0.3 is 5.11 Å². The van der Waals surface area contributed by atoms with Gasteiger partial charge >= 0.3 is 0 Å². The SMILES string of the molecule is C=CC1CC=C(c2ccc(O)c(F)c2F)CC1. The van der Waals surface area contributed by atoms with Gasteiger partial charge in [-0.3, -0.25) is 0 Å². The van der Waals surface area contributed by atoms with E-state index in [1.54, 1.807) is 0 Å². The van der Waals surface area contributed by atoms with Crippen LogP contribution >= 0.6 is 0 Å². The zero-order valence-corrected chi connectivity index (χ0v) is 9.42. The molecule has 1 aliphatic carbocycles. The Morgan fingerprint density at radius 1 is 1.29 bits per heavy atom. The fourth-order valence-electron chi connectivity index (χ4n) is 2.10. The molecule has 0 radical (unpaired) electrons. The molecule has 1 atom stereocenters. The lowest BCUT2D eigenvalue weighted by atomic mass is 9.86. The van der Waals surface area contributed by atoms with Gasteiger partial charge in [0.1, 0.15) is 0 Å². The van der Waals surface area contributed by atoms with Crippen LogP contribution in [0.25, 0.3) is 5.57 Å². The van der Waals surface area contributed by atoms with Crippen molar-refractivity contribution in [2.45, 2.75) is 19.3 Å². The molecule has 0 bridgehead atoms. The van der Waals surface area contributed by atoms with Crippen molar-refractivity contribution in [3.05, 3.63) is 48.1 Å². The van der Waals surface area contributed by atoms with E-state index in [2.05, 4.69) is 6.58 Å². The molecule has 2 rings (SSSR count). The normalized spacial score (nSPS) is 19.9. The zero-order valence-electron chi connectivity index (χ0n) is 9.42. The van der Waals surface area contributed by atoms with Crippen LogP contribution in [0.2, 0.25) is 0 Å². The molecule has 0 amide bonds. The Kier molecular flexibility index (Phi) is 3.27. The topological polar surface area (TPSA) is 20.2 Å². The number of allylic oxidation sites excluding steroid dienone is 3. The van der Waals surface area contributed by atoms with Crippen LogP contribution < -0.4 is 0 Å². The Morgan fingerprint density at radius 3 is 2.65 bits per heavy atom. The maximum absolute atomic E-state index is 13.6. The fraction of sp³-hybridized carbons (Fsp3) is 0.286. The molecule has 1 nitrogen and oxygen atoms in total. The molecular formula is C14H14F2O. The Labute approximate surface area is 99.1 Å². The summed E-state index contributed by atoms with van der Waals surface area (Å²) in [4.78, 5) is 0. The third-order valence-electron chi connectivity index (χ3n) is 3.19. The standard InChI is InChI=1S/C14H14F2O/c1-2-9-3-5-10(6-4-9)11-7-8-12(17)14(16)13(11)15/h2,5,7-9,17H,1,3-4,6H2. The van der Waals surface area contributed by atoms with E-state index in [9.17, 15) is 8.78 Å². The van der Waals surface area contributed by atoms with Crippen LogP contribution in [0.3, 0.4) is 0 Å². The van der Waals surface area contributed by atoms with E-state index in [4.69, 9.17) is 5.11 Å². The molecule has 0 spiro atoms. The number of benzene rings is 1. The Bertz CT molecular complexity index is 477. The minimum absolute atomic E-state index is 0.253. The Morgan fingerprint density at radius 2 is 2.06 bits per heavy atom. The van der Waals surface area contributed by atoms with Crippen LogP contribution in [-0.4, -0.2) is 5.11 Å². The van der Waals surface area contributed by atoms with E-state index in [1.165, 1.54) is 12.1 Å². The van der Waals surface area contributed by atoms with Crippen molar-refractivity contribution in [3.8, 4) is 5.75 Å². The molecule has 0 saturated heterocycles. The van der Waals surface area contributed by atoms with Gasteiger partial charge in [-0.25, -0.2) is 4.39 Å². The lowest BCUT2D eigenvalue weighted by molar-refractivity contribution is 0.406. The van der Waals surface area contributed by atoms with Gasteiger partial charge in [0, 0.05) is 5.56 Å². The van der Waals surface area contributed by atoms with Crippen LogP contribution in [0.4, 0.5) is 8.78 Å². The molecule has 0 aromatic heterocycles. The second kappa shape index (κ2) is 4.70. The predicted molar refractivity (Wildman–Crippen MR) is 63.5 cm³/mol. The van der Waals surface area contributed by atoms with E-state index in [0.717, 1.165) is 18.4 Å². The quantitative estimate of drug-likeness (QED) is 0.768. The predicted octanol–water partition coefficient (Wildman–Crippen LogP) is 4.04. The van der Waals surface area contributed by atoms with Gasteiger partial charge in [-0.2, -0.15) is 4.39 Å². The molecule has 90 valence electrons. The summed E-state index contributed by atoms with van der Waals surface area (Å²) in [5, 5.41) is 9.06. The third kappa shape index (κ3) is 2.23. The molecule has 0 heterocycles. The lowest BCUT2D eigenvalue weighted by Gasteiger charge is -2.19. The summed E-state index contributed by atoms with van der Waals surface area (Å²) in [6.07, 6.45) is 6.22. The number of rotatable bonds is 2. The van der Waals surface area contributed by atoms with Crippen molar-refractivity contribution < 1.29 is 13.9 Å². The summed E-state index contributed by atoms with van der Waals surface area (Å²) in [5.74, 6) is -2.36. The minimum Gasteiger partial charge on any atom is -0.505 e. The summed E-state index contributed by atoms with van der Waals surface area (Å²) in [5.41, 5.74) is 1.06. The Balaban J connectivity index is 2.33. The highest BCUT2D eigenvalue weighted by Crippen LogP contribution is 2.34. The summed E-state index contributed by atoms with van der Waals surface area (Å²) in [6.45, 7) is 3.73. The van der Waals surface area contributed by atoms with Crippen LogP contribution in [0, 0.1) is 17.6 Å². The molecule has 1 aromatic rings.